The van der Waals surface area contributed by atoms with E-state index in [1.165, 1.54) is 12.1 Å². The second-order valence-corrected chi connectivity index (χ2v) is 3.94. The maximum absolute atomic E-state index is 12.3. The monoisotopic (exact) mass is 237 g/mol. The fourth-order valence-electron chi connectivity index (χ4n) is 1.55. The molecular formula is C14H17F2N. The lowest BCUT2D eigenvalue weighted by Crippen LogP contribution is -2.27. The van der Waals surface area contributed by atoms with Crippen molar-refractivity contribution < 1.29 is 8.78 Å². The van der Waals surface area contributed by atoms with E-state index in [0.717, 1.165) is 12.0 Å². The summed E-state index contributed by atoms with van der Waals surface area (Å²) in [5.74, 6) is 2.62. The van der Waals surface area contributed by atoms with Gasteiger partial charge in [-0.1, -0.05) is 31.2 Å². The summed E-state index contributed by atoms with van der Waals surface area (Å²) in [5, 5.41) is 3.31. The summed E-state index contributed by atoms with van der Waals surface area (Å²) in [6.07, 6.45) is 4.50. The number of alkyl halides is 2. The number of halogens is 2. The van der Waals surface area contributed by atoms with Gasteiger partial charge in [-0.05, 0) is 12.0 Å². The molecule has 92 valence electrons. The second-order valence-electron chi connectivity index (χ2n) is 3.94. The van der Waals surface area contributed by atoms with Gasteiger partial charge in [-0.25, -0.2) is 8.78 Å². The van der Waals surface area contributed by atoms with Crippen LogP contribution in [0.2, 0.25) is 0 Å². The molecule has 1 rings (SSSR count). The van der Waals surface area contributed by atoms with Crippen molar-refractivity contribution in [1.82, 2.24) is 5.32 Å². The molecule has 1 N–H and O–H groups in total. The molecule has 3 heteroatoms. The number of rotatable bonds is 6. The molecule has 1 atom stereocenters. The largest absolute Gasteiger partial charge is 0.309 e. The van der Waals surface area contributed by atoms with Crippen molar-refractivity contribution in [3.05, 3.63) is 35.4 Å². The highest BCUT2D eigenvalue weighted by Gasteiger charge is 2.07. The number of hydrogen-bond donors (Lipinski definition) is 1. The van der Waals surface area contributed by atoms with Crippen LogP contribution >= 0.6 is 0 Å². The Kier molecular flexibility index (Phi) is 5.65. The third-order valence-electron chi connectivity index (χ3n) is 2.68. The Balaban J connectivity index is 2.49. The molecule has 0 aliphatic carbocycles. The molecule has 0 aliphatic rings. The summed E-state index contributed by atoms with van der Waals surface area (Å²) >= 11 is 0. The smallest absolute Gasteiger partial charge is 0.263 e. The summed E-state index contributed by atoms with van der Waals surface area (Å²) in [4.78, 5) is 0. The number of benzene rings is 1. The molecule has 1 unspecified atom stereocenters. The van der Waals surface area contributed by atoms with Crippen LogP contribution in [-0.4, -0.2) is 6.04 Å². The molecule has 0 heterocycles. The molecule has 0 aromatic heterocycles. The molecule has 0 bridgehead atoms. The van der Waals surface area contributed by atoms with Gasteiger partial charge in [-0.15, -0.1) is 12.3 Å². The van der Waals surface area contributed by atoms with Crippen molar-refractivity contribution in [2.45, 2.75) is 38.8 Å². The first-order valence-corrected chi connectivity index (χ1v) is 5.71. The van der Waals surface area contributed by atoms with Crippen LogP contribution in [0.25, 0.3) is 0 Å². The topological polar surface area (TPSA) is 12.0 Å². The normalized spacial score (nSPS) is 12.4. The molecule has 17 heavy (non-hydrogen) atoms. The number of terminal acetylenes is 1. The maximum Gasteiger partial charge on any atom is 0.263 e. The van der Waals surface area contributed by atoms with Gasteiger partial charge in [0.15, 0.2) is 0 Å². The van der Waals surface area contributed by atoms with Crippen molar-refractivity contribution >= 4 is 0 Å². The highest BCUT2D eigenvalue weighted by molar-refractivity contribution is 5.23. The van der Waals surface area contributed by atoms with Gasteiger partial charge >= 0.3 is 0 Å². The lowest BCUT2D eigenvalue weighted by atomic mass is 10.1. The predicted molar refractivity (Wildman–Crippen MR) is 65.8 cm³/mol. The van der Waals surface area contributed by atoms with Crippen LogP contribution in [0.15, 0.2) is 24.3 Å². The average molecular weight is 237 g/mol. The van der Waals surface area contributed by atoms with Crippen LogP contribution in [0.1, 0.15) is 37.3 Å². The summed E-state index contributed by atoms with van der Waals surface area (Å²) in [6, 6.07) is 6.65. The Labute approximate surface area is 101 Å². The number of hydrogen-bond acceptors (Lipinski definition) is 1. The van der Waals surface area contributed by atoms with E-state index in [1.54, 1.807) is 12.1 Å². The van der Waals surface area contributed by atoms with Gasteiger partial charge in [0.1, 0.15) is 0 Å². The molecular weight excluding hydrogens is 220 g/mol. The van der Waals surface area contributed by atoms with Gasteiger partial charge in [0.2, 0.25) is 0 Å². The zero-order valence-electron chi connectivity index (χ0n) is 9.92. The van der Waals surface area contributed by atoms with E-state index in [9.17, 15) is 8.78 Å². The third-order valence-corrected chi connectivity index (χ3v) is 2.68. The van der Waals surface area contributed by atoms with Crippen LogP contribution in [-0.2, 0) is 6.54 Å². The van der Waals surface area contributed by atoms with E-state index in [0.29, 0.717) is 13.0 Å². The average Bonchev–Trinajstić information content (AvgIpc) is 2.35. The first kappa shape index (κ1) is 13.7. The van der Waals surface area contributed by atoms with Crippen molar-refractivity contribution in [2.24, 2.45) is 0 Å². The first-order chi connectivity index (χ1) is 8.17. The van der Waals surface area contributed by atoms with E-state index >= 15 is 0 Å². The Hall–Kier alpha value is -1.40. The fourth-order valence-corrected chi connectivity index (χ4v) is 1.55. The highest BCUT2D eigenvalue weighted by Crippen LogP contribution is 2.18. The van der Waals surface area contributed by atoms with Crippen molar-refractivity contribution in [3.8, 4) is 12.3 Å². The quantitative estimate of drug-likeness (QED) is 0.746. The molecule has 0 amide bonds. The standard InChI is InChI=1S/C14H17F2N/c1-3-5-13(4-2)17-10-11-6-8-12(9-7-11)14(15)16/h1,6-9,13-14,17H,4-5,10H2,2H3. The summed E-state index contributed by atoms with van der Waals surface area (Å²) in [7, 11) is 0. The minimum Gasteiger partial charge on any atom is -0.309 e. The minimum absolute atomic E-state index is 0.0596. The summed E-state index contributed by atoms with van der Waals surface area (Å²) in [6.45, 7) is 2.72. The van der Waals surface area contributed by atoms with E-state index < -0.39 is 6.43 Å². The second kappa shape index (κ2) is 7.03. The van der Waals surface area contributed by atoms with E-state index in [4.69, 9.17) is 6.42 Å². The van der Waals surface area contributed by atoms with E-state index in [-0.39, 0.29) is 11.6 Å². The van der Waals surface area contributed by atoms with Crippen LogP contribution in [0.5, 0.6) is 0 Å². The molecule has 1 aromatic rings. The summed E-state index contributed by atoms with van der Waals surface area (Å²) in [5.41, 5.74) is 1.05. The van der Waals surface area contributed by atoms with Crippen molar-refractivity contribution in [1.29, 1.82) is 0 Å². The van der Waals surface area contributed by atoms with E-state index in [1.807, 2.05) is 0 Å². The third kappa shape index (κ3) is 4.54. The molecule has 0 fully saturated rings. The molecule has 0 aliphatic heterocycles. The van der Waals surface area contributed by atoms with Gasteiger partial charge in [-0.3, -0.25) is 0 Å². The number of nitrogens with one attached hydrogen (secondary N) is 1. The minimum atomic E-state index is -2.40. The molecule has 0 saturated heterocycles. The first-order valence-electron chi connectivity index (χ1n) is 5.71. The lowest BCUT2D eigenvalue weighted by molar-refractivity contribution is 0.151. The van der Waals surface area contributed by atoms with Crippen LogP contribution in [0.3, 0.4) is 0 Å². The molecule has 1 aromatic carbocycles. The van der Waals surface area contributed by atoms with Crippen molar-refractivity contribution in [2.75, 3.05) is 0 Å². The maximum atomic E-state index is 12.3. The molecule has 0 radical (unpaired) electrons. The zero-order valence-corrected chi connectivity index (χ0v) is 9.92. The highest BCUT2D eigenvalue weighted by atomic mass is 19.3. The van der Waals surface area contributed by atoms with Gasteiger partial charge in [0, 0.05) is 24.6 Å². The Morgan fingerprint density at radius 2 is 1.94 bits per heavy atom. The van der Waals surface area contributed by atoms with Crippen LogP contribution in [0.4, 0.5) is 8.78 Å². The Morgan fingerprint density at radius 3 is 2.41 bits per heavy atom. The van der Waals surface area contributed by atoms with Gasteiger partial charge < -0.3 is 5.32 Å². The SMILES string of the molecule is C#CCC(CC)NCc1ccc(C(F)F)cc1. The van der Waals surface area contributed by atoms with Crippen molar-refractivity contribution in [3.63, 3.8) is 0 Å². The van der Waals surface area contributed by atoms with E-state index in [2.05, 4.69) is 18.2 Å². The Bertz CT molecular complexity index is 365. The summed E-state index contributed by atoms with van der Waals surface area (Å²) < 4.78 is 24.7. The van der Waals surface area contributed by atoms with Gasteiger partial charge in [0.25, 0.3) is 6.43 Å². The van der Waals surface area contributed by atoms with Crippen LogP contribution in [0, 0.1) is 12.3 Å². The zero-order chi connectivity index (χ0) is 12.7. The molecule has 0 spiro atoms. The lowest BCUT2D eigenvalue weighted by Gasteiger charge is -2.14. The molecule has 1 nitrogen and oxygen atoms in total. The molecule has 0 saturated carbocycles. The van der Waals surface area contributed by atoms with Crippen LogP contribution < -0.4 is 5.32 Å². The van der Waals surface area contributed by atoms with Gasteiger partial charge in [-0.2, -0.15) is 0 Å². The predicted octanol–water partition coefficient (Wildman–Crippen LogP) is 3.52. The Morgan fingerprint density at radius 1 is 1.29 bits per heavy atom. The van der Waals surface area contributed by atoms with Gasteiger partial charge in [0.05, 0.1) is 0 Å². The fraction of sp³-hybridized carbons (Fsp3) is 0.429.